The Kier molecular flexibility index (Phi) is 6.52. The molecule has 1 N–H and O–H groups in total. The molecule has 36 heavy (non-hydrogen) atoms. The zero-order valence-corrected chi connectivity index (χ0v) is 22.3. The molecule has 2 aliphatic heterocycles. The third kappa shape index (κ3) is 4.38. The largest absolute Gasteiger partial charge is 0.383 e. The van der Waals surface area contributed by atoms with Gasteiger partial charge in [0.15, 0.2) is 5.13 Å². The molecular weight excluding hydrogens is 478 g/mol. The summed E-state index contributed by atoms with van der Waals surface area (Å²) >= 11 is 1.46. The Morgan fingerprint density at radius 3 is 2.94 bits per heavy atom. The van der Waals surface area contributed by atoms with E-state index in [9.17, 15) is 9.59 Å². The zero-order chi connectivity index (χ0) is 25.6. The predicted octanol–water partition coefficient (Wildman–Crippen LogP) is 2.78. The molecule has 2 aromatic heterocycles. The summed E-state index contributed by atoms with van der Waals surface area (Å²) < 4.78 is 13.1. The molecule has 9 nitrogen and oxygen atoms in total. The number of carbonyl (C=O) groups is 2. The van der Waals surface area contributed by atoms with Gasteiger partial charge in [-0.3, -0.25) is 9.59 Å². The molecule has 1 atom stereocenters. The third-order valence-corrected chi connectivity index (χ3v) is 8.16. The number of aryl methyl sites for hydroxylation is 1. The van der Waals surface area contributed by atoms with Crippen molar-refractivity contribution in [1.29, 1.82) is 0 Å². The number of benzene rings is 1. The molecule has 5 rings (SSSR count). The van der Waals surface area contributed by atoms with Crippen LogP contribution in [0.1, 0.15) is 45.1 Å². The van der Waals surface area contributed by atoms with Gasteiger partial charge in [-0.05, 0) is 44.0 Å². The van der Waals surface area contributed by atoms with Gasteiger partial charge in [-0.25, -0.2) is 4.98 Å². The summed E-state index contributed by atoms with van der Waals surface area (Å²) in [6.45, 7) is 6.93. The number of nitrogens with one attached hydrogen (secondary N) is 1. The van der Waals surface area contributed by atoms with E-state index in [-0.39, 0.29) is 17.9 Å². The summed E-state index contributed by atoms with van der Waals surface area (Å²) in [5.41, 5.74) is 3.26. The van der Waals surface area contributed by atoms with E-state index in [1.165, 1.54) is 11.3 Å². The second-order valence-electron chi connectivity index (χ2n) is 10.1. The first-order chi connectivity index (χ1) is 17.2. The molecule has 3 aromatic rings. The summed E-state index contributed by atoms with van der Waals surface area (Å²) in [6, 6.07) is 5.97. The van der Waals surface area contributed by atoms with Crippen molar-refractivity contribution in [2.45, 2.75) is 31.8 Å². The number of ether oxygens (including phenoxy) is 2. The number of carbonyl (C=O) groups excluding carboxylic acids is 2. The van der Waals surface area contributed by atoms with Gasteiger partial charge < -0.3 is 29.2 Å². The molecule has 1 fully saturated rings. The Morgan fingerprint density at radius 2 is 2.19 bits per heavy atom. The molecule has 2 aliphatic rings. The topological polar surface area (TPSA) is 88.9 Å². The predicted molar refractivity (Wildman–Crippen MR) is 140 cm³/mol. The number of thiazole rings is 1. The van der Waals surface area contributed by atoms with E-state index in [0.717, 1.165) is 40.3 Å². The van der Waals surface area contributed by atoms with Crippen LogP contribution in [0.2, 0.25) is 0 Å². The van der Waals surface area contributed by atoms with Crippen LogP contribution < -0.4 is 10.2 Å². The lowest BCUT2D eigenvalue weighted by atomic mass is 10.0. The fourth-order valence-corrected chi connectivity index (χ4v) is 6.28. The first-order valence-corrected chi connectivity index (χ1v) is 13.0. The first kappa shape index (κ1) is 24.7. The van der Waals surface area contributed by atoms with Crippen LogP contribution in [0.25, 0.3) is 10.9 Å². The Labute approximate surface area is 215 Å². The fraction of sp³-hybridized carbons (Fsp3) is 0.500. The molecule has 192 valence electrons. The van der Waals surface area contributed by atoms with E-state index in [1.807, 2.05) is 39.1 Å². The van der Waals surface area contributed by atoms with Gasteiger partial charge in [0.05, 0.1) is 37.1 Å². The number of methoxy groups -OCH3 is 1. The van der Waals surface area contributed by atoms with Crippen LogP contribution in [0.5, 0.6) is 0 Å². The number of rotatable bonds is 7. The lowest BCUT2D eigenvalue weighted by Crippen LogP contribution is -2.47. The maximum Gasteiger partial charge on any atom is 0.264 e. The van der Waals surface area contributed by atoms with E-state index < -0.39 is 5.54 Å². The van der Waals surface area contributed by atoms with Crippen LogP contribution in [0.15, 0.2) is 24.4 Å². The quantitative estimate of drug-likeness (QED) is 0.525. The van der Waals surface area contributed by atoms with E-state index in [1.54, 1.807) is 19.1 Å². The number of fused-ring (bicyclic) bond motifs is 2. The molecule has 0 unspecified atom stereocenters. The molecule has 0 aliphatic carbocycles. The number of hydrogen-bond acceptors (Lipinski definition) is 7. The Balaban J connectivity index is 1.43. The smallest absolute Gasteiger partial charge is 0.264 e. The van der Waals surface area contributed by atoms with Gasteiger partial charge in [0.1, 0.15) is 4.88 Å². The van der Waals surface area contributed by atoms with E-state index >= 15 is 0 Å². The first-order valence-electron chi connectivity index (χ1n) is 12.2. The highest BCUT2D eigenvalue weighted by Gasteiger charge is 2.40. The standard InChI is InChI=1S/C26H33N5O4S/c1-26(2)22-21(23(32)28-26)36-25(27-22)31-9-11-35-15-18(31)12-17-14-30(4)20-7-6-16(13-19(17)20)24(33)29(3)8-10-34-5/h6-7,13-14,18H,8-12,15H2,1-5H3,(H,28,32)/t18-/m0/s1. The SMILES string of the molecule is COCCN(C)C(=O)c1ccc2c(c1)c(C[C@H]1COCCN1c1nc3c(s1)C(=O)NC3(C)C)cn2C. The van der Waals surface area contributed by atoms with Gasteiger partial charge in [0, 0.05) is 57.0 Å². The van der Waals surface area contributed by atoms with Gasteiger partial charge in [-0.2, -0.15) is 0 Å². The Hall–Kier alpha value is -2.95. The van der Waals surface area contributed by atoms with Crippen LogP contribution in [0.4, 0.5) is 5.13 Å². The van der Waals surface area contributed by atoms with Crippen molar-refractivity contribution in [3.05, 3.63) is 46.1 Å². The Morgan fingerprint density at radius 1 is 1.39 bits per heavy atom. The van der Waals surface area contributed by atoms with Crippen molar-refractivity contribution < 1.29 is 19.1 Å². The summed E-state index contributed by atoms with van der Waals surface area (Å²) in [5.74, 6) is -0.0742. The molecule has 4 heterocycles. The fourth-order valence-electron chi connectivity index (χ4n) is 5.06. The van der Waals surface area contributed by atoms with Crippen LogP contribution in [-0.2, 0) is 28.5 Å². The van der Waals surface area contributed by atoms with E-state index in [4.69, 9.17) is 14.5 Å². The number of aromatic nitrogens is 2. The van der Waals surface area contributed by atoms with Gasteiger partial charge in [0.2, 0.25) is 0 Å². The molecule has 10 heteroatoms. The highest BCUT2D eigenvalue weighted by molar-refractivity contribution is 7.17. The van der Waals surface area contributed by atoms with Gasteiger partial charge in [-0.1, -0.05) is 11.3 Å². The van der Waals surface area contributed by atoms with Crippen molar-refractivity contribution >= 4 is 39.2 Å². The van der Waals surface area contributed by atoms with E-state index in [2.05, 4.69) is 21.0 Å². The second-order valence-corrected chi connectivity index (χ2v) is 11.1. The minimum Gasteiger partial charge on any atom is -0.383 e. The number of likely N-dealkylation sites (N-methyl/N-ethyl adjacent to an activating group) is 1. The van der Waals surface area contributed by atoms with Crippen molar-refractivity contribution in [1.82, 2.24) is 19.8 Å². The molecule has 0 bridgehead atoms. The average Bonchev–Trinajstić information content (AvgIpc) is 3.50. The van der Waals surface area contributed by atoms with Gasteiger partial charge in [0.25, 0.3) is 11.8 Å². The monoisotopic (exact) mass is 511 g/mol. The highest BCUT2D eigenvalue weighted by atomic mass is 32.1. The number of amides is 2. The number of morpholine rings is 1. The lowest BCUT2D eigenvalue weighted by molar-refractivity contribution is 0.0744. The molecule has 0 saturated carbocycles. The van der Waals surface area contributed by atoms with Crippen molar-refractivity contribution in [2.75, 3.05) is 52.0 Å². The minimum atomic E-state index is -0.460. The summed E-state index contributed by atoms with van der Waals surface area (Å²) in [4.78, 5) is 35.0. The molecule has 0 radical (unpaired) electrons. The normalized spacial score (nSPS) is 19.0. The molecular formula is C26H33N5O4S. The van der Waals surface area contributed by atoms with E-state index in [0.29, 0.717) is 36.8 Å². The van der Waals surface area contributed by atoms with Gasteiger partial charge in [-0.15, -0.1) is 0 Å². The van der Waals surface area contributed by atoms with Crippen LogP contribution in [0, 0.1) is 0 Å². The maximum atomic E-state index is 13.0. The third-order valence-electron chi connectivity index (χ3n) is 7.07. The summed E-state index contributed by atoms with van der Waals surface area (Å²) in [5, 5.41) is 4.93. The van der Waals surface area contributed by atoms with Crippen molar-refractivity contribution in [3.63, 3.8) is 0 Å². The maximum absolute atomic E-state index is 13.0. The lowest BCUT2D eigenvalue weighted by Gasteiger charge is -2.35. The highest BCUT2D eigenvalue weighted by Crippen LogP contribution is 2.38. The van der Waals surface area contributed by atoms with Gasteiger partial charge >= 0.3 is 0 Å². The summed E-state index contributed by atoms with van der Waals surface area (Å²) in [6.07, 6.45) is 2.88. The van der Waals surface area contributed by atoms with Crippen LogP contribution in [0.3, 0.4) is 0 Å². The number of hydrogen-bond donors (Lipinski definition) is 1. The molecule has 0 spiro atoms. The minimum absolute atomic E-state index is 0.0235. The van der Waals surface area contributed by atoms with Crippen LogP contribution in [-0.4, -0.2) is 79.4 Å². The van der Waals surface area contributed by atoms with Crippen molar-refractivity contribution in [3.8, 4) is 0 Å². The molecule has 1 aromatic carbocycles. The number of anilines is 1. The second kappa shape index (κ2) is 9.49. The van der Waals surface area contributed by atoms with Crippen LogP contribution >= 0.6 is 11.3 Å². The molecule has 1 saturated heterocycles. The average molecular weight is 512 g/mol. The van der Waals surface area contributed by atoms with Crippen molar-refractivity contribution in [2.24, 2.45) is 7.05 Å². The number of nitrogens with zero attached hydrogens (tertiary/aromatic N) is 4. The Bertz CT molecular complexity index is 1310. The molecule has 2 amide bonds. The summed E-state index contributed by atoms with van der Waals surface area (Å²) in [7, 11) is 5.45. The zero-order valence-electron chi connectivity index (χ0n) is 21.5.